The Bertz CT molecular complexity index is 612. The molecule has 0 bridgehead atoms. The van der Waals surface area contributed by atoms with Crippen LogP contribution in [0.3, 0.4) is 0 Å². The summed E-state index contributed by atoms with van der Waals surface area (Å²) in [6, 6.07) is 5.48. The zero-order valence-corrected chi connectivity index (χ0v) is 12.8. The van der Waals surface area contributed by atoms with Gasteiger partial charge in [0, 0.05) is 11.8 Å². The van der Waals surface area contributed by atoms with E-state index in [-0.39, 0.29) is 5.75 Å². The van der Waals surface area contributed by atoms with Crippen LogP contribution in [0.4, 0.5) is 5.95 Å². The summed E-state index contributed by atoms with van der Waals surface area (Å²) in [5.41, 5.74) is 1.45. The van der Waals surface area contributed by atoms with E-state index >= 15 is 0 Å². The second-order valence-corrected chi connectivity index (χ2v) is 4.00. The van der Waals surface area contributed by atoms with Crippen LogP contribution in [0.5, 0.6) is 5.75 Å². The predicted octanol–water partition coefficient (Wildman–Crippen LogP) is 2.13. The van der Waals surface area contributed by atoms with E-state index in [4.69, 9.17) is 3.67 Å². The molecule has 0 aliphatic rings. The molecule has 2 aromatic rings. The molecule has 1 heterocycles. The Kier molecular flexibility index (Phi) is 6.15. The number of benzene rings is 1. The molecule has 6 nitrogen and oxygen atoms in total. The molecule has 0 unspecified atom stereocenters. The fourth-order valence-electron chi connectivity index (χ4n) is 1.57. The van der Waals surface area contributed by atoms with Crippen LogP contribution in [0.1, 0.15) is 22.8 Å². The van der Waals surface area contributed by atoms with Gasteiger partial charge in [0.1, 0.15) is 17.4 Å². The summed E-state index contributed by atoms with van der Waals surface area (Å²) in [6.07, 6.45) is 1.55. The third kappa shape index (κ3) is 4.33. The van der Waals surface area contributed by atoms with Crippen molar-refractivity contribution in [1.82, 2.24) is 15.0 Å². The number of phenols is 1. The third-order valence-corrected chi connectivity index (χ3v) is 2.44. The normalized spacial score (nSPS) is 10.1. The number of hydrogen-bond acceptors (Lipinski definition) is 6. The van der Waals surface area contributed by atoms with Crippen LogP contribution in [0.2, 0.25) is 0 Å². The Morgan fingerprint density at radius 1 is 1.10 bits per heavy atom. The number of aromatic nitrogens is 3. The van der Waals surface area contributed by atoms with Gasteiger partial charge in [-0.3, -0.25) is 0 Å². The maximum atomic E-state index is 9.84. The topological polar surface area (TPSA) is 88.3 Å². The molecule has 0 aliphatic heterocycles. The summed E-state index contributed by atoms with van der Waals surface area (Å²) in [7, 11) is 0. The van der Waals surface area contributed by atoms with Crippen molar-refractivity contribution in [2.75, 3.05) is 0 Å². The van der Waals surface area contributed by atoms with Crippen molar-refractivity contribution in [3.8, 4) is 5.75 Å². The van der Waals surface area contributed by atoms with E-state index in [0.29, 0.717) is 23.2 Å². The molecule has 0 saturated heterocycles. The fourth-order valence-corrected chi connectivity index (χ4v) is 1.57. The van der Waals surface area contributed by atoms with E-state index in [9.17, 15) is 5.11 Å². The summed E-state index contributed by atoms with van der Waals surface area (Å²) in [6.45, 7) is 5.42. The zero-order chi connectivity index (χ0) is 15.1. The first-order valence-electron chi connectivity index (χ1n) is 5.76. The average molecular weight is 309 g/mol. The number of rotatable bonds is 2. The molecule has 103 valence electrons. The molecule has 2 rings (SSSR count). The van der Waals surface area contributed by atoms with Gasteiger partial charge in [-0.05, 0) is 32.4 Å². The Morgan fingerprint density at radius 2 is 1.70 bits per heavy atom. The van der Waals surface area contributed by atoms with E-state index < -0.39 is 0 Å². The molecule has 0 saturated carbocycles. The van der Waals surface area contributed by atoms with Crippen LogP contribution in [-0.4, -0.2) is 26.3 Å². The second kappa shape index (κ2) is 7.62. The molecule has 20 heavy (non-hydrogen) atoms. The van der Waals surface area contributed by atoms with E-state index in [0.717, 1.165) is 22.9 Å². The molecule has 1 N–H and O–H groups in total. The van der Waals surface area contributed by atoms with Gasteiger partial charge < -0.3 is 5.11 Å². The number of hydrogen-bond donors (Lipinski definition) is 1. The van der Waals surface area contributed by atoms with Crippen LogP contribution >= 0.6 is 0 Å². The number of aryl methyl sites for hydroxylation is 3. The first-order chi connectivity index (χ1) is 9.56. The Balaban J connectivity index is 0.000000956. The molecule has 0 radical (unpaired) electrons. The van der Waals surface area contributed by atoms with Crippen molar-refractivity contribution in [3.05, 3.63) is 41.0 Å². The Labute approximate surface area is 126 Å². The van der Waals surface area contributed by atoms with Gasteiger partial charge in [0.2, 0.25) is 0 Å². The maximum absolute atomic E-state index is 9.84. The van der Waals surface area contributed by atoms with Gasteiger partial charge in [-0.25, -0.2) is 9.98 Å². The molecule has 1 aromatic heterocycles. The van der Waals surface area contributed by atoms with Crippen LogP contribution < -0.4 is 0 Å². The van der Waals surface area contributed by atoms with Gasteiger partial charge in [-0.1, -0.05) is 12.1 Å². The van der Waals surface area contributed by atoms with Crippen molar-refractivity contribution in [2.45, 2.75) is 20.8 Å². The molecule has 0 fully saturated rings. The Morgan fingerprint density at radius 3 is 2.30 bits per heavy atom. The first kappa shape index (κ1) is 16.1. The predicted molar refractivity (Wildman–Crippen MR) is 70.1 cm³/mol. The molecule has 0 spiro atoms. The second-order valence-electron chi connectivity index (χ2n) is 4.00. The number of aromatic hydroxyl groups is 1. The van der Waals surface area contributed by atoms with Gasteiger partial charge in [0.25, 0.3) is 5.95 Å². The summed E-state index contributed by atoms with van der Waals surface area (Å²) >= 11 is 1.06. The van der Waals surface area contributed by atoms with E-state index in [1.807, 2.05) is 19.1 Å². The van der Waals surface area contributed by atoms with Gasteiger partial charge in [0.15, 0.2) is 0 Å². The van der Waals surface area contributed by atoms with Gasteiger partial charge in [-0.2, -0.15) is 9.97 Å². The van der Waals surface area contributed by atoms with Gasteiger partial charge in [-0.15, -0.1) is 0 Å². The molecule has 1 aromatic carbocycles. The number of nitrogens with zero attached hydrogens (tertiary/aromatic N) is 4. The van der Waals surface area contributed by atoms with Crippen molar-refractivity contribution >= 4 is 12.2 Å². The monoisotopic (exact) mass is 309 g/mol. The molecular formula is C13H14N4O2V. The van der Waals surface area contributed by atoms with Crippen molar-refractivity contribution in [1.29, 1.82) is 0 Å². The van der Waals surface area contributed by atoms with E-state index in [1.54, 1.807) is 26.1 Å². The first-order valence-corrected chi connectivity index (χ1v) is 6.33. The third-order valence-electron chi connectivity index (χ3n) is 2.44. The summed E-state index contributed by atoms with van der Waals surface area (Å²) in [5, 5.41) is 9.84. The van der Waals surface area contributed by atoms with Crippen molar-refractivity contribution < 1.29 is 26.1 Å². The minimum absolute atomic E-state index is 0.226. The van der Waals surface area contributed by atoms with Crippen molar-refractivity contribution in [2.24, 2.45) is 4.99 Å². The number of para-hydroxylation sites is 1. The molecule has 0 amide bonds. The number of aliphatic imine (C=N–C) groups is 1. The number of phenolic OH excluding ortho intramolecular Hbond substituents is 1. The van der Waals surface area contributed by atoms with Crippen LogP contribution in [0.15, 0.2) is 23.2 Å². The summed E-state index contributed by atoms with van der Waals surface area (Å²) < 4.78 is 8.19. The molecule has 0 atom stereocenters. The fraction of sp³-hybridized carbons (Fsp3) is 0.231. The van der Waals surface area contributed by atoms with E-state index in [1.165, 1.54) is 0 Å². The zero-order valence-electron chi connectivity index (χ0n) is 11.4. The van der Waals surface area contributed by atoms with Crippen LogP contribution in [0, 0.1) is 20.8 Å². The SMILES string of the molecule is Cc1nc(C)nc(/N=C/c2cccc(C)c2O)n1.[O]=[V]. The molecular weight excluding hydrogens is 295 g/mol. The van der Waals surface area contributed by atoms with Gasteiger partial charge in [0.05, 0.1) is 0 Å². The van der Waals surface area contributed by atoms with E-state index in [2.05, 4.69) is 19.9 Å². The minimum atomic E-state index is 0.226. The van der Waals surface area contributed by atoms with Gasteiger partial charge >= 0.3 is 21.0 Å². The standard InChI is InChI=1S/C13H14N4O.O.V/c1-8-5-4-6-11(12(8)18)7-14-13-16-9(2)15-10(3)17-13;;/h4-7,18H,1-3H3;;/b14-7+;;. The average Bonchev–Trinajstić information content (AvgIpc) is 2.42. The molecule has 7 heteroatoms. The summed E-state index contributed by atoms with van der Waals surface area (Å²) in [4.78, 5) is 16.4. The van der Waals surface area contributed by atoms with Crippen LogP contribution in [-0.2, 0) is 21.0 Å². The Hall–Kier alpha value is -1.92. The molecule has 0 aliphatic carbocycles. The quantitative estimate of drug-likeness (QED) is 0.859. The summed E-state index contributed by atoms with van der Waals surface area (Å²) in [5.74, 6) is 1.83. The van der Waals surface area contributed by atoms with Crippen LogP contribution in [0.25, 0.3) is 0 Å². The van der Waals surface area contributed by atoms with Crippen molar-refractivity contribution in [3.63, 3.8) is 0 Å².